The molecule has 3 heteroatoms. The predicted molar refractivity (Wildman–Crippen MR) is 67.1 cm³/mol. The molecule has 0 aliphatic heterocycles. The summed E-state index contributed by atoms with van der Waals surface area (Å²) in [6, 6.07) is 2.10. The van der Waals surface area contributed by atoms with Gasteiger partial charge in [0.25, 0.3) is 0 Å². The molecule has 1 aromatic rings. The molecule has 82 valence electrons. The summed E-state index contributed by atoms with van der Waals surface area (Å²) in [6.45, 7) is 5.48. The third kappa shape index (κ3) is 2.71. The van der Waals surface area contributed by atoms with Crippen LogP contribution in [0.2, 0.25) is 0 Å². The first-order chi connectivity index (χ1) is 7.15. The second kappa shape index (κ2) is 4.52. The Morgan fingerprint density at radius 2 is 2.27 bits per heavy atom. The van der Waals surface area contributed by atoms with Gasteiger partial charge in [-0.1, -0.05) is 6.92 Å². The van der Waals surface area contributed by atoms with E-state index < -0.39 is 0 Å². The van der Waals surface area contributed by atoms with Gasteiger partial charge >= 0.3 is 0 Å². The van der Waals surface area contributed by atoms with Crippen molar-refractivity contribution in [2.75, 3.05) is 11.9 Å². The topological polar surface area (TPSA) is 24.9 Å². The first-order valence-electron chi connectivity index (χ1n) is 5.51. The molecule has 1 heterocycles. The van der Waals surface area contributed by atoms with Crippen LogP contribution in [0.3, 0.4) is 0 Å². The van der Waals surface area contributed by atoms with Crippen molar-refractivity contribution in [2.24, 2.45) is 11.8 Å². The number of nitrogens with zero attached hydrogens (tertiary/aromatic N) is 1. The van der Waals surface area contributed by atoms with Crippen molar-refractivity contribution in [3.05, 3.63) is 22.3 Å². The van der Waals surface area contributed by atoms with E-state index in [1.165, 1.54) is 18.4 Å². The van der Waals surface area contributed by atoms with E-state index in [1.807, 2.05) is 6.20 Å². The normalized spacial score (nSPS) is 24.7. The molecule has 1 aliphatic carbocycles. The molecule has 1 N–H and O–H groups in total. The molecule has 2 nitrogen and oxygen atoms in total. The van der Waals surface area contributed by atoms with Gasteiger partial charge in [-0.25, -0.2) is 4.98 Å². The molecular formula is C12H17BrN2. The molecule has 1 aliphatic rings. The summed E-state index contributed by atoms with van der Waals surface area (Å²) in [4.78, 5) is 4.37. The van der Waals surface area contributed by atoms with Gasteiger partial charge in [-0.2, -0.15) is 0 Å². The second-order valence-electron chi connectivity index (χ2n) is 4.64. The Morgan fingerprint density at radius 3 is 2.87 bits per heavy atom. The third-order valence-electron chi connectivity index (χ3n) is 3.07. The number of aromatic nitrogens is 1. The number of aryl methyl sites for hydroxylation is 1. The molecule has 1 fully saturated rings. The van der Waals surface area contributed by atoms with Gasteiger partial charge in [0.15, 0.2) is 0 Å². The Morgan fingerprint density at radius 1 is 1.53 bits per heavy atom. The van der Waals surface area contributed by atoms with Crippen molar-refractivity contribution >= 4 is 21.7 Å². The molecule has 0 unspecified atom stereocenters. The molecule has 0 bridgehead atoms. The monoisotopic (exact) mass is 268 g/mol. The largest absolute Gasteiger partial charge is 0.370 e. The fraction of sp³-hybridized carbons (Fsp3) is 0.583. The van der Waals surface area contributed by atoms with Crippen LogP contribution in [0, 0.1) is 18.8 Å². The van der Waals surface area contributed by atoms with Crippen LogP contribution in [0.4, 0.5) is 5.82 Å². The van der Waals surface area contributed by atoms with E-state index in [0.717, 1.165) is 28.7 Å². The molecular weight excluding hydrogens is 252 g/mol. The van der Waals surface area contributed by atoms with Crippen LogP contribution in [0.25, 0.3) is 0 Å². The van der Waals surface area contributed by atoms with E-state index in [-0.39, 0.29) is 0 Å². The zero-order chi connectivity index (χ0) is 10.8. The van der Waals surface area contributed by atoms with Gasteiger partial charge in [-0.15, -0.1) is 0 Å². The zero-order valence-corrected chi connectivity index (χ0v) is 10.8. The number of hydrogen-bond donors (Lipinski definition) is 1. The van der Waals surface area contributed by atoms with Crippen molar-refractivity contribution in [3.8, 4) is 0 Å². The second-order valence-corrected chi connectivity index (χ2v) is 5.56. The summed E-state index contributed by atoms with van der Waals surface area (Å²) in [6.07, 6.45) is 4.57. The molecule has 0 radical (unpaired) electrons. The highest BCUT2D eigenvalue weighted by Gasteiger charge is 2.24. The summed E-state index contributed by atoms with van der Waals surface area (Å²) in [5, 5.41) is 3.43. The lowest BCUT2D eigenvalue weighted by atomic mass is 9.76. The van der Waals surface area contributed by atoms with Gasteiger partial charge in [0, 0.05) is 17.2 Å². The summed E-state index contributed by atoms with van der Waals surface area (Å²) in [7, 11) is 0. The van der Waals surface area contributed by atoms with Gasteiger partial charge in [0.1, 0.15) is 5.82 Å². The van der Waals surface area contributed by atoms with Crippen LogP contribution in [0.5, 0.6) is 0 Å². The maximum Gasteiger partial charge on any atom is 0.128 e. The first-order valence-corrected chi connectivity index (χ1v) is 6.30. The maximum atomic E-state index is 4.37. The SMILES string of the molecule is Cc1cc(Br)cnc1NCC1CC(C)C1. The molecule has 0 atom stereocenters. The predicted octanol–water partition coefficient (Wildman–Crippen LogP) is 3.61. The number of halogens is 1. The lowest BCUT2D eigenvalue weighted by Gasteiger charge is -2.32. The summed E-state index contributed by atoms with van der Waals surface area (Å²) in [5.41, 5.74) is 1.21. The molecule has 1 saturated carbocycles. The average molecular weight is 269 g/mol. The quantitative estimate of drug-likeness (QED) is 0.906. The highest BCUT2D eigenvalue weighted by molar-refractivity contribution is 9.10. The van der Waals surface area contributed by atoms with Gasteiger partial charge < -0.3 is 5.32 Å². The number of anilines is 1. The van der Waals surface area contributed by atoms with Crippen LogP contribution in [-0.4, -0.2) is 11.5 Å². The molecule has 15 heavy (non-hydrogen) atoms. The Bertz CT molecular complexity index is 345. The fourth-order valence-corrected chi connectivity index (χ4v) is 2.65. The summed E-state index contributed by atoms with van der Waals surface area (Å²) >= 11 is 3.42. The fourth-order valence-electron chi connectivity index (χ4n) is 2.20. The van der Waals surface area contributed by atoms with Crippen molar-refractivity contribution in [2.45, 2.75) is 26.7 Å². The Labute approximate surface area is 99.6 Å². The van der Waals surface area contributed by atoms with Crippen molar-refractivity contribution in [3.63, 3.8) is 0 Å². The Balaban J connectivity index is 1.88. The lowest BCUT2D eigenvalue weighted by molar-refractivity contribution is 0.225. The Kier molecular flexibility index (Phi) is 3.29. The van der Waals surface area contributed by atoms with Gasteiger partial charge in [0.05, 0.1) is 0 Å². The van der Waals surface area contributed by atoms with Crippen LogP contribution in [0.1, 0.15) is 25.3 Å². The van der Waals surface area contributed by atoms with E-state index in [0.29, 0.717) is 0 Å². The van der Waals surface area contributed by atoms with E-state index in [2.05, 4.69) is 46.1 Å². The van der Waals surface area contributed by atoms with Gasteiger partial charge in [0.2, 0.25) is 0 Å². The van der Waals surface area contributed by atoms with Gasteiger partial charge in [-0.05, 0) is 59.2 Å². The van der Waals surface area contributed by atoms with Crippen LogP contribution in [0.15, 0.2) is 16.7 Å². The van der Waals surface area contributed by atoms with E-state index >= 15 is 0 Å². The molecule has 0 aromatic carbocycles. The van der Waals surface area contributed by atoms with Crippen LogP contribution >= 0.6 is 15.9 Å². The Hall–Kier alpha value is -0.570. The third-order valence-corrected chi connectivity index (χ3v) is 3.51. The summed E-state index contributed by atoms with van der Waals surface area (Å²) < 4.78 is 1.04. The molecule has 2 rings (SSSR count). The van der Waals surface area contributed by atoms with E-state index in [1.54, 1.807) is 0 Å². The van der Waals surface area contributed by atoms with Crippen LogP contribution in [-0.2, 0) is 0 Å². The average Bonchev–Trinajstić information content (AvgIpc) is 2.13. The van der Waals surface area contributed by atoms with E-state index in [9.17, 15) is 0 Å². The molecule has 1 aromatic heterocycles. The minimum absolute atomic E-state index is 0.852. The van der Waals surface area contributed by atoms with Crippen molar-refractivity contribution < 1.29 is 0 Å². The zero-order valence-electron chi connectivity index (χ0n) is 9.26. The standard InChI is InChI=1S/C12H17BrN2/c1-8-3-10(4-8)6-14-12-9(2)5-11(13)7-15-12/h5,7-8,10H,3-4,6H2,1-2H3,(H,14,15). The van der Waals surface area contributed by atoms with Gasteiger partial charge in [-0.3, -0.25) is 0 Å². The van der Waals surface area contributed by atoms with Crippen LogP contribution < -0.4 is 5.32 Å². The minimum atomic E-state index is 0.852. The van der Waals surface area contributed by atoms with Crippen molar-refractivity contribution in [1.82, 2.24) is 4.98 Å². The number of hydrogen-bond acceptors (Lipinski definition) is 2. The van der Waals surface area contributed by atoms with E-state index in [4.69, 9.17) is 0 Å². The maximum absolute atomic E-state index is 4.37. The smallest absolute Gasteiger partial charge is 0.128 e. The number of rotatable bonds is 3. The lowest BCUT2D eigenvalue weighted by Crippen LogP contribution is -2.28. The highest BCUT2D eigenvalue weighted by Crippen LogP contribution is 2.33. The number of pyridine rings is 1. The molecule has 0 saturated heterocycles. The highest BCUT2D eigenvalue weighted by atomic mass is 79.9. The van der Waals surface area contributed by atoms with Crippen molar-refractivity contribution in [1.29, 1.82) is 0 Å². The minimum Gasteiger partial charge on any atom is -0.370 e. The number of nitrogens with one attached hydrogen (secondary N) is 1. The molecule has 0 spiro atoms. The molecule has 0 amide bonds. The summed E-state index contributed by atoms with van der Waals surface area (Å²) in [5.74, 6) is 2.80. The first kappa shape index (κ1) is 10.9.